The lowest BCUT2D eigenvalue weighted by atomic mass is 9.94. The first-order chi connectivity index (χ1) is 59.7. The van der Waals surface area contributed by atoms with Gasteiger partial charge < -0.3 is 161 Å². The molecule has 0 saturated carbocycles. The number of carbonyl (C=O) groups excluding carboxylic acids is 10. The van der Waals surface area contributed by atoms with Gasteiger partial charge in [-0.1, -0.05) is 12.1 Å². The van der Waals surface area contributed by atoms with Crippen LogP contribution in [0.4, 0.5) is 0 Å². The van der Waals surface area contributed by atoms with Crippen LogP contribution >= 0.6 is 0 Å². The highest BCUT2D eigenvalue weighted by Crippen LogP contribution is 2.44. The van der Waals surface area contributed by atoms with Crippen molar-refractivity contribution in [2.75, 3.05) is 139 Å². The Labute approximate surface area is 722 Å². The van der Waals surface area contributed by atoms with E-state index in [0.717, 1.165) is 53.4 Å². The molecule has 708 valence electrons. The van der Waals surface area contributed by atoms with Gasteiger partial charge in [0.25, 0.3) is 11.8 Å². The van der Waals surface area contributed by atoms with Crippen LogP contribution in [0.25, 0.3) is 0 Å². The Balaban J connectivity index is 1.03. The first-order valence-electron chi connectivity index (χ1n) is 40.2. The summed E-state index contributed by atoms with van der Waals surface area (Å²) in [5.74, 6) is -8.97. The standard InChI is InChI=1S/C80H119NO44/c1-34-52(95-13)60(96-14)57(49(108-34)31-105-35(2)82)124-78-70(104-22)64(100-18)56(48(117-78)30-94-12)123-77-69(103-21)63(99-17)55(47(116-77)29-93-11)122-76-68(102-20)62(98-16)54(46(115-76)28-92-10)121-75-67(101-19)61(97-15)53(45(114-75)27-81-73(90)43-25-23-24-26-44(43)74(81)91)120-79-72(113-42(9)89)66(111-40(7)87)59(51(119-79)33-107-37(4)84)125-80-71(112-41(8)88)65(110-39(6)86)58(109-38(5)85)50(118-80)32-106-36(3)83/h23-26,34,45-72,75-80H,27-33H2,1-22H3/t34-,45?,46?,47-,48-,49?,50?,51?,52?,53+,54+,55+,56+,57+,58+,59+,60-,61+,62-,63?,64?,65?,66?,67?,68?,69?,70?,71?,72?,75-,76-,77+,78-,79-,80+/m0/s1. The van der Waals surface area contributed by atoms with Gasteiger partial charge in [0.1, 0.15) is 160 Å². The van der Waals surface area contributed by atoms with Crippen molar-refractivity contribution < 1.29 is 209 Å². The predicted molar refractivity (Wildman–Crippen MR) is 409 cm³/mol. The van der Waals surface area contributed by atoms with E-state index in [9.17, 15) is 47.9 Å². The molecule has 0 N–H and O–H groups in total. The Morgan fingerprint density at radius 3 is 0.768 bits per heavy atom. The van der Waals surface area contributed by atoms with Gasteiger partial charge in [-0.15, -0.1) is 0 Å². The Morgan fingerprint density at radius 2 is 0.488 bits per heavy atom. The fraction of sp³-hybridized carbons (Fsp3) is 0.800. The maximum absolute atomic E-state index is 14.6. The molecule has 0 spiro atoms. The second-order valence-electron chi connectivity index (χ2n) is 30.2. The molecule has 9 rings (SSSR count). The molecule has 8 aliphatic heterocycles. The van der Waals surface area contributed by atoms with E-state index in [1.807, 2.05) is 0 Å². The van der Waals surface area contributed by atoms with E-state index in [2.05, 4.69) is 0 Å². The molecule has 1 aromatic rings. The molecule has 45 nitrogen and oxygen atoms in total. The smallest absolute Gasteiger partial charge is 0.303 e. The van der Waals surface area contributed by atoms with Crippen molar-refractivity contribution in [2.45, 2.75) is 277 Å². The van der Waals surface area contributed by atoms with Crippen LogP contribution < -0.4 is 0 Å². The summed E-state index contributed by atoms with van der Waals surface area (Å²) in [6.07, 6.45) is -48.4. The van der Waals surface area contributed by atoms with Crippen molar-refractivity contribution in [3.8, 4) is 0 Å². The lowest BCUT2D eigenvalue weighted by Gasteiger charge is -2.52. The molecule has 35 atom stereocenters. The van der Waals surface area contributed by atoms with Crippen molar-refractivity contribution in [2.24, 2.45) is 0 Å². The van der Waals surface area contributed by atoms with Crippen LogP contribution in [-0.2, 0) is 199 Å². The second-order valence-corrected chi connectivity index (χ2v) is 30.2. The fourth-order valence-corrected chi connectivity index (χ4v) is 16.8. The molecular formula is C80H119NO44. The third-order valence-electron chi connectivity index (χ3n) is 22.0. The van der Waals surface area contributed by atoms with Crippen molar-refractivity contribution >= 4 is 59.6 Å². The third kappa shape index (κ3) is 24.4. The molecule has 1 aromatic carbocycles. The van der Waals surface area contributed by atoms with Gasteiger partial charge in [-0.25, -0.2) is 0 Å². The van der Waals surface area contributed by atoms with Gasteiger partial charge >= 0.3 is 47.8 Å². The van der Waals surface area contributed by atoms with Gasteiger partial charge in [-0.2, -0.15) is 0 Å². The van der Waals surface area contributed by atoms with Gasteiger partial charge in [0.15, 0.2) is 68.3 Å². The molecule has 0 aromatic heterocycles. The van der Waals surface area contributed by atoms with Crippen LogP contribution in [0.3, 0.4) is 0 Å². The Kier molecular flexibility index (Phi) is 38.8. The molecule has 125 heavy (non-hydrogen) atoms. The summed E-state index contributed by atoms with van der Waals surface area (Å²) in [6.45, 7) is 7.11. The zero-order valence-corrected chi connectivity index (χ0v) is 73.9. The number of nitrogens with zero attached hydrogens (tertiary/aromatic N) is 1. The number of ether oxygens (including phenoxy) is 34. The Morgan fingerprint density at radius 1 is 0.264 bits per heavy atom. The average Bonchev–Trinajstić information content (AvgIpc) is 1.64. The summed E-state index contributed by atoms with van der Waals surface area (Å²) in [4.78, 5) is 134. The van der Waals surface area contributed by atoms with Crippen LogP contribution in [0, 0.1) is 0 Å². The minimum Gasteiger partial charge on any atom is -0.463 e. The summed E-state index contributed by atoms with van der Waals surface area (Å²) in [5, 5.41) is 0. The number of methoxy groups -OCH3 is 13. The van der Waals surface area contributed by atoms with E-state index >= 15 is 0 Å². The van der Waals surface area contributed by atoms with Crippen molar-refractivity contribution in [3.05, 3.63) is 35.4 Å². The van der Waals surface area contributed by atoms with Crippen LogP contribution in [0.2, 0.25) is 0 Å². The van der Waals surface area contributed by atoms with E-state index in [1.54, 1.807) is 19.1 Å². The van der Waals surface area contributed by atoms with E-state index in [1.165, 1.54) is 111 Å². The molecule has 0 radical (unpaired) electrons. The SMILES string of the molecule is COCC1O[C@@H](O[C@H]2C(OC)C(OC)[C@@H](O[C@H]3C(OC)C(OC)[C@H](O[C@@H]4C(COC(C)=O)O[C@@H](C)C(OC)[C@@H]4OC)O[C@H]3COC)O[C@H]2COC)C(OC)[C@@H](OC)[C@@H]1O[C@@H]1OC(CN2C(=O)c3ccccc3C2=O)[C@@H](O[C@@H]2OC(COC(C)=O)[C@@H](O[C@H]3OC(COC(C)=O)[C@@H](OC(C)=O)C(OC(C)=O)C3OC(C)=O)C(OC(C)=O)C2OC(C)=O)[C@@H](OC)C1OC. The average molecular weight is 1800 g/mol. The van der Waals surface area contributed by atoms with Crippen molar-refractivity contribution in [3.63, 3.8) is 0 Å². The summed E-state index contributed by atoms with van der Waals surface area (Å²) in [6, 6.07) is 6.01. The highest BCUT2D eigenvalue weighted by atomic mass is 16.8. The maximum Gasteiger partial charge on any atom is 0.303 e. The highest BCUT2D eigenvalue weighted by Gasteiger charge is 2.63. The lowest BCUT2D eigenvalue weighted by Crippen LogP contribution is -2.70. The van der Waals surface area contributed by atoms with E-state index < -0.39 is 294 Å². The molecule has 0 bridgehead atoms. The molecule has 8 heterocycles. The molecule has 8 aliphatic rings. The van der Waals surface area contributed by atoms with Crippen LogP contribution in [0.15, 0.2) is 24.3 Å². The summed E-state index contributed by atoms with van der Waals surface area (Å²) >= 11 is 0. The van der Waals surface area contributed by atoms with Crippen molar-refractivity contribution in [1.82, 2.24) is 4.90 Å². The number of rotatable bonds is 41. The van der Waals surface area contributed by atoms with Gasteiger partial charge in [0, 0.05) is 148 Å². The summed E-state index contributed by atoms with van der Waals surface area (Å²) in [5.41, 5.74) is 0.0495. The molecule has 2 amide bonds. The fourth-order valence-electron chi connectivity index (χ4n) is 16.8. The van der Waals surface area contributed by atoms with E-state index in [4.69, 9.17) is 161 Å². The number of carbonyl (C=O) groups is 10. The number of hydrogen-bond donors (Lipinski definition) is 0. The first kappa shape index (κ1) is 102. The number of esters is 8. The molecule has 0 aliphatic carbocycles. The third-order valence-corrected chi connectivity index (χ3v) is 22.0. The zero-order chi connectivity index (χ0) is 91.5. The van der Waals surface area contributed by atoms with E-state index in [0.29, 0.717) is 0 Å². The molecule has 7 saturated heterocycles. The zero-order valence-electron chi connectivity index (χ0n) is 73.9. The van der Waals surface area contributed by atoms with Crippen molar-refractivity contribution in [1.29, 1.82) is 0 Å². The van der Waals surface area contributed by atoms with Gasteiger partial charge in [-0.3, -0.25) is 52.8 Å². The second kappa shape index (κ2) is 47.6. The summed E-state index contributed by atoms with van der Waals surface area (Å²) < 4.78 is 213. The van der Waals surface area contributed by atoms with Gasteiger partial charge in [0.05, 0.1) is 43.6 Å². The number of imide groups is 1. The maximum atomic E-state index is 14.6. The molecular weight excluding hydrogens is 1680 g/mol. The first-order valence-corrected chi connectivity index (χ1v) is 40.2. The minimum absolute atomic E-state index is 0.0248. The molecule has 7 fully saturated rings. The predicted octanol–water partition coefficient (Wildman–Crippen LogP) is -0.833. The van der Waals surface area contributed by atoms with Crippen LogP contribution in [0.1, 0.15) is 83.0 Å². The van der Waals surface area contributed by atoms with Gasteiger partial charge in [0.2, 0.25) is 0 Å². The Hall–Kier alpha value is -6.92. The number of amides is 2. The van der Waals surface area contributed by atoms with Gasteiger partial charge in [-0.05, 0) is 19.1 Å². The monoisotopic (exact) mass is 1800 g/mol. The molecule has 16 unspecified atom stereocenters. The lowest BCUT2D eigenvalue weighted by molar-refractivity contribution is -0.401. The van der Waals surface area contributed by atoms with E-state index in [-0.39, 0.29) is 37.6 Å². The quantitative estimate of drug-likeness (QED) is 0.0438. The van der Waals surface area contributed by atoms with Crippen LogP contribution in [-0.4, -0.2) is 418 Å². The normalized spacial score (nSPS) is 37.8. The summed E-state index contributed by atoms with van der Waals surface area (Å²) in [7, 11) is 18.2. The Bertz CT molecular complexity index is 3660. The topological polar surface area (TPSA) is 488 Å². The highest BCUT2D eigenvalue weighted by molar-refractivity contribution is 6.21. The minimum atomic E-state index is -2.06. The number of fused-ring (bicyclic) bond motifs is 1. The van der Waals surface area contributed by atoms with Crippen LogP contribution in [0.5, 0.6) is 0 Å². The number of hydrogen-bond acceptors (Lipinski definition) is 44. The number of benzene rings is 1. The largest absolute Gasteiger partial charge is 0.463 e. The molecule has 45 heteroatoms.